The van der Waals surface area contributed by atoms with Crippen LogP contribution in [0.4, 0.5) is 0 Å². The normalized spacial score (nSPS) is 16.2. The highest BCUT2D eigenvalue weighted by molar-refractivity contribution is 7.99. The number of benzene rings is 1. The predicted molar refractivity (Wildman–Crippen MR) is 79.0 cm³/mol. The van der Waals surface area contributed by atoms with Gasteiger partial charge >= 0.3 is 0 Å². The molecule has 0 aromatic heterocycles. The van der Waals surface area contributed by atoms with E-state index in [-0.39, 0.29) is 0 Å². The molecule has 2 N–H and O–H groups in total. The Morgan fingerprint density at radius 1 is 1.37 bits per heavy atom. The molecule has 6 heteroatoms. The average Bonchev–Trinajstić information content (AvgIpc) is 2.46. The number of sulfonamides is 1. The highest BCUT2D eigenvalue weighted by Crippen LogP contribution is 2.24. The molecule has 0 saturated heterocycles. The summed E-state index contributed by atoms with van der Waals surface area (Å²) < 4.78 is 27.3. The van der Waals surface area contributed by atoms with Gasteiger partial charge in [-0.1, -0.05) is 23.8 Å². The standard InChI is InChI=1S/C13H18N2O2S2/c1-18-12-4-2-3-5-13(12)19(16,17)15-10-11-6-8-14-9-7-11/h2-6,14-15H,7-10H2,1H3. The van der Waals surface area contributed by atoms with E-state index in [4.69, 9.17) is 0 Å². The van der Waals surface area contributed by atoms with Gasteiger partial charge in [-0.25, -0.2) is 13.1 Å². The Kier molecular flexibility index (Phi) is 5.04. The van der Waals surface area contributed by atoms with Gasteiger partial charge in [-0.15, -0.1) is 11.8 Å². The smallest absolute Gasteiger partial charge is 0.241 e. The third kappa shape index (κ3) is 3.82. The van der Waals surface area contributed by atoms with Crippen LogP contribution in [0.25, 0.3) is 0 Å². The fraction of sp³-hybridized carbons (Fsp3) is 0.385. The first-order valence-electron chi connectivity index (χ1n) is 6.15. The van der Waals surface area contributed by atoms with E-state index in [2.05, 4.69) is 10.0 Å². The molecule has 1 aliphatic heterocycles. The molecule has 4 nitrogen and oxygen atoms in total. The third-order valence-electron chi connectivity index (χ3n) is 3.01. The Morgan fingerprint density at radius 2 is 2.16 bits per heavy atom. The number of thioether (sulfide) groups is 1. The molecule has 104 valence electrons. The zero-order valence-corrected chi connectivity index (χ0v) is 12.5. The Bertz CT molecular complexity index is 568. The molecular formula is C13H18N2O2S2. The molecule has 0 spiro atoms. The minimum Gasteiger partial charge on any atom is -0.313 e. The van der Waals surface area contributed by atoms with E-state index in [1.807, 2.05) is 24.5 Å². The first-order valence-corrected chi connectivity index (χ1v) is 8.85. The van der Waals surface area contributed by atoms with Crippen LogP contribution < -0.4 is 10.0 Å². The van der Waals surface area contributed by atoms with Gasteiger partial charge in [0.2, 0.25) is 10.0 Å². The van der Waals surface area contributed by atoms with Crippen molar-refractivity contribution in [1.82, 2.24) is 10.0 Å². The second-order valence-electron chi connectivity index (χ2n) is 4.29. The lowest BCUT2D eigenvalue weighted by molar-refractivity contribution is 0.580. The SMILES string of the molecule is CSc1ccccc1S(=O)(=O)NCC1=CCNCC1. The zero-order valence-electron chi connectivity index (χ0n) is 10.8. The van der Waals surface area contributed by atoms with E-state index >= 15 is 0 Å². The van der Waals surface area contributed by atoms with Gasteiger partial charge in [0.25, 0.3) is 0 Å². The quantitative estimate of drug-likeness (QED) is 0.640. The molecule has 0 radical (unpaired) electrons. The van der Waals surface area contributed by atoms with Crippen LogP contribution in [0.15, 0.2) is 45.7 Å². The van der Waals surface area contributed by atoms with E-state index in [1.165, 1.54) is 11.8 Å². The summed E-state index contributed by atoms with van der Waals surface area (Å²) in [6.07, 6.45) is 4.82. The van der Waals surface area contributed by atoms with Crippen molar-refractivity contribution < 1.29 is 8.42 Å². The summed E-state index contributed by atoms with van der Waals surface area (Å²) in [5.41, 5.74) is 1.14. The van der Waals surface area contributed by atoms with Crippen molar-refractivity contribution >= 4 is 21.8 Å². The molecule has 19 heavy (non-hydrogen) atoms. The Labute approximate surface area is 118 Å². The maximum atomic E-state index is 12.3. The van der Waals surface area contributed by atoms with Gasteiger partial charge in [0.05, 0.1) is 4.90 Å². The Hall–Kier alpha value is -0.820. The average molecular weight is 298 g/mol. The summed E-state index contributed by atoms with van der Waals surface area (Å²) in [5, 5.41) is 3.20. The fourth-order valence-electron chi connectivity index (χ4n) is 1.94. The van der Waals surface area contributed by atoms with E-state index in [0.717, 1.165) is 30.0 Å². The van der Waals surface area contributed by atoms with Gasteiger partial charge in [-0.3, -0.25) is 0 Å². The topological polar surface area (TPSA) is 58.2 Å². The zero-order chi connectivity index (χ0) is 13.7. The van der Waals surface area contributed by atoms with Crippen LogP contribution in [0.5, 0.6) is 0 Å². The van der Waals surface area contributed by atoms with Crippen LogP contribution in [-0.4, -0.2) is 34.3 Å². The fourth-order valence-corrected chi connectivity index (χ4v) is 4.12. The van der Waals surface area contributed by atoms with E-state index < -0.39 is 10.0 Å². The summed E-state index contributed by atoms with van der Waals surface area (Å²) in [6, 6.07) is 7.06. The van der Waals surface area contributed by atoms with Crippen molar-refractivity contribution in [2.24, 2.45) is 0 Å². The molecular weight excluding hydrogens is 280 g/mol. The van der Waals surface area contributed by atoms with Crippen molar-refractivity contribution in [2.75, 3.05) is 25.9 Å². The minimum atomic E-state index is -3.43. The molecule has 0 fully saturated rings. The first kappa shape index (κ1) is 14.6. The maximum absolute atomic E-state index is 12.3. The minimum absolute atomic E-state index is 0.358. The molecule has 0 aliphatic carbocycles. The van der Waals surface area contributed by atoms with Crippen molar-refractivity contribution in [3.8, 4) is 0 Å². The van der Waals surface area contributed by atoms with Crippen LogP contribution in [0.1, 0.15) is 6.42 Å². The number of hydrogen-bond acceptors (Lipinski definition) is 4. The molecule has 0 bridgehead atoms. The van der Waals surface area contributed by atoms with Crippen molar-refractivity contribution in [3.05, 3.63) is 35.9 Å². The van der Waals surface area contributed by atoms with Crippen LogP contribution in [0.2, 0.25) is 0 Å². The first-order chi connectivity index (χ1) is 9.13. The molecule has 0 atom stereocenters. The van der Waals surface area contributed by atoms with Gasteiger partial charge in [0.1, 0.15) is 0 Å². The van der Waals surface area contributed by atoms with Crippen LogP contribution in [0, 0.1) is 0 Å². The van der Waals surface area contributed by atoms with Gasteiger partial charge in [0, 0.05) is 18.0 Å². The second-order valence-corrected chi connectivity index (χ2v) is 6.88. The Balaban J connectivity index is 2.11. The summed E-state index contributed by atoms with van der Waals surface area (Å²) in [4.78, 5) is 1.13. The van der Waals surface area contributed by atoms with Crippen molar-refractivity contribution in [1.29, 1.82) is 0 Å². The lowest BCUT2D eigenvalue weighted by Gasteiger charge is -2.15. The molecule has 0 saturated carbocycles. The maximum Gasteiger partial charge on any atom is 0.241 e. The van der Waals surface area contributed by atoms with E-state index in [1.54, 1.807) is 12.1 Å². The molecule has 1 aliphatic rings. The predicted octanol–water partition coefficient (Wildman–Crippen LogP) is 1.61. The molecule has 0 amide bonds. The summed E-state index contributed by atoms with van der Waals surface area (Å²) in [7, 11) is -3.43. The molecule has 1 heterocycles. The molecule has 1 aromatic rings. The summed E-state index contributed by atoms with van der Waals surface area (Å²) in [6.45, 7) is 2.13. The van der Waals surface area contributed by atoms with Gasteiger partial charge in [-0.2, -0.15) is 0 Å². The van der Waals surface area contributed by atoms with E-state index in [0.29, 0.717) is 11.4 Å². The molecule has 1 aromatic carbocycles. The van der Waals surface area contributed by atoms with Crippen LogP contribution >= 0.6 is 11.8 Å². The Morgan fingerprint density at radius 3 is 2.84 bits per heavy atom. The number of nitrogens with one attached hydrogen (secondary N) is 2. The number of hydrogen-bond donors (Lipinski definition) is 2. The van der Waals surface area contributed by atoms with Gasteiger partial charge in [0.15, 0.2) is 0 Å². The summed E-state index contributed by atoms with van der Waals surface area (Å²) in [5.74, 6) is 0. The van der Waals surface area contributed by atoms with Crippen LogP contribution in [-0.2, 0) is 10.0 Å². The van der Waals surface area contributed by atoms with E-state index in [9.17, 15) is 8.42 Å². The number of rotatable bonds is 5. The van der Waals surface area contributed by atoms with Crippen molar-refractivity contribution in [2.45, 2.75) is 16.2 Å². The highest BCUT2D eigenvalue weighted by Gasteiger charge is 2.18. The largest absolute Gasteiger partial charge is 0.313 e. The summed E-state index contributed by atoms with van der Waals surface area (Å²) >= 11 is 1.44. The van der Waals surface area contributed by atoms with Gasteiger partial charge < -0.3 is 5.32 Å². The lowest BCUT2D eigenvalue weighted by Crippen LogP contribution is -2.30. The van der Waals surface area contributed by atoms with Crippen molar-refractivity contribution in [3.63, 3.8) is 0 Å². The van der Waals surface area contributed by atoms with Gasteiger partial charge in [-0.05, 0) is 31.4 Å². The second kappa shape index (κ2) is 6.56. The van der Waals surface area contributed by atoms with Crippen LogP contribution in [0.3, 0.4) is 0 Å². The molecule has 2 rings (SSSR count). The monoisotopic (exact) mass is 298 g/mol. The molecule has 0 unspecified atom stereocenters. The lowest BCUT2D eigenvalue weighted by atomic mass is 10.1. The highest BCUT2D eigenvalue weighted by atomic mass is 32.2. The third-order valence-corrected chi connectivity index (χ3v) is 5.39.